The molecule has 0 radical (unpaired) electrons. The van der Waals surface area contributed by atoms with Crippen molar-refractivity contribution in [3.63, 3.8) is 0 Å². The Morgan fingerprint density at radius 3 is 1.67 bits per heavy atom. The van der Waals surface area contributed by atoms with Crippen LogP contribution in [0.3, 0.4) is 0 Å². The molecule has 2 aliphatic carbocycles. The minimum absolute atomic E-state index is 0.0946. The highest BCUT2D eigenvalue weighted by molar-refractivity contribution is 6.09. The lowest BCUT2D eigenvalue weighted by Gasteiger charge is -2.49. The molecule has 0 saturated carbocycles. The van der Waals surface area contributed by atoms with Gasteiger partial charge in [0.25, 0.3) is 0 Å². The predicted octanol–water partition coefficient (Wildman–Crippen LogP) is 23.1. The summed E-state index contributed by atoms with van der Waals surface area (Å²) in [4.78, 5) is 9.67. The molecule has 3 aliphatic rings. The van der Waals surface area contributed by atoms with Gasteiger partial charge in [0.1, 0.15) is 24.0 Å². The van der Waals surface area contributed by atoms with Crippen LogP contribution in [-0.4, -0.2) is 16.2 Å². The smallest absolute Gasteiger partial charge is 0.137 e. The van der Waals surface area contributed by atoms with Crippen molar-refractivity contribution in [1.29, 1.82) is 0 Å². The van der Waals surface area contributed by atoms with Crippen LogP contribution in [0.5, 0.6) is 11.5 Å². The molecule has 450 valence electrons. The van der Waals surface area contributed by atoms with Gasteiger partial charge in [0.2, 0.25) is 0 Å². The van der Waals surface area contributed by atoms with Crippen molar-refractivity contribution in [2.75, 3.05) is 16.5 Å². The van der Waals surface area contributed by atoms with Crippen molar-refractivity contribution in [1.82, 2.24) is 9.55 Å². The van der Waals surface area contributed by atoms with Gasteiger partial charge in [-0.05, 0) is 180 Å². The molecule has 5 nitrogen and oxygen atoms in total. The molecule has 10 aromatic rings. The van der Waals surface area contributed by atoms with E-state index in [0.717, 1.165) is 87.3 Å². The highest BCUT2D eigenvalue weighted by Crippen LogP contribution is 2.59. The lowest BCUT2D eigenvalue weighted by molar-refractivity contribution is 0.314. The number of pyridine rings is 1. The maximum absolute atomic E-state index is 9.60. The molecule has 0 fully saturated rings. The van der Waals surface area contributed by atoms with E-state index in [1.807, 2.05) is 36.4 Å². The van der Waals surface area contributed by atoms with Gasteiger partial charge in [0.15, 0.2) is 0 Å². The molecule has 0 N–H and O–H groups in total. The normalized spacial score (nSPS) is 18.9. The van der Waals surface area contributed by atoms with E-state index in [0.29, 0.717) is 39.2 Å². The monoisotopic (exact) mass is 1170 g/mol. The van der Waals surface area contributed by atoms with E-state index in [1.165, 1.54) is 11.1 Å². The van der Waals surface area contributed by atoms with Gasteiger partial charge in [-0.1, -0.05) is 221 Å². The second-order valence-corrected chi connectivity index (χ2v) is 31.0. The summed E-state index contributed by atoms with van der Waals surface area (Å²) in [7, 11) is 0. The predicted molar refractivity (Wildman–Crippen MR) is 375 cm³/mol. The van der Waals surface area contributed by atoms with Gasteiger partial charge < -0.3 is 14.5 Å². The number of ether oxygens (including phenoxy) is 1. The van der Waals surface area contributed by atoms with Crippen LogP contribution in [0.1, 0.15) is 204 Å². The Kier molecular flexibility index (Phi) is 10.8. The third-order valence-corrected chi connectivity index (χ3v) is 19.8. The van der Waals surface area contributed by atoms with Gasteiger partial charge in [-0.25, -0.2) is 4.98 Å². The number of aryl methyl sites for hydroxylation is 1. The lowest BCUT2D eigenvalue weighted by Crippen LogP contribution is -2.40. The summed E-state index contributed by atoms with van der Waals surface area (Å²) in [5.41, 5.74) is 13.7. The van der Waals surface area contributed by atoms with Gasteiger partial charge in [0, 0.05) is 55.6 Å². The molecule has 0 saturated heterocycles. The standard InChI is InChI=1S/C83H92N4O/c1-52-41-72(84-50-65(52)73-74-66(80(11,12)37-39-82(74,15)16)49-67-75(73)83(17,18)40-38-81(67,13)14)87-68-32-23-22-29-63(68)64-36-35-59(48-71(64)87)88-60-46-57(79(8,9)10)45-58(47-60)85-51-86(70-34-25-24-33-69(70)85)76-61(53-27-20-19-21-28-53)30-26-31-62(76)54-42-55(77(2,3)4)44-56(43-54)78(5,6)7/h19-36,41-50H,37-40,51H2,1-18H3/i1D3,19D,20D,21D,22D,23D,27D,28D,29D,32D. The third-order valence-electron chi connectivity index (χ3n) is 19.8. The number of benzene rings is 8. The van der Waals surface area contributed by atoms with Gasteiger partial charge in [0.05, 0.1) is 40.4 Å². The third kappa shape index (κ3) is 10.1. The minimum Gasteiger partial charge on any atom is -0.457 e. The van der Waals surface area contributed by atoms with E-state index in [4.69, 9.17) is 16.6 Å². The molecule has 0 spiro atoms. The number of hydrogen-bond acceptors (Lipinski definition) is 4. The first-order chi connectivity index (χ1) is 46.3. The van der Waals surface area contributed by atoms with Crippen LogP contribution in [0.25, 0.3) is 61.0 Å². The Morgan fingerprint density at radius 2 is 1.06 bits per heavy atom. The average Bonchev–Trinajstić information content (AvgIpc) is 1.09. The number of anilines is 4. The summed E-state index contributed by atoms with van der Waals surface area (Å²) < 4.78 is 120. The summed E-state index contributed by atoms with van der Waals surface area (Å²) in [6, 6.07) is 32.9. The topological polar surface area (TPSA) is 33.5 Å². The summed E-state index contributed by atoms with van der Waals surface area (Å²) in [5.74, 6) is 1.04. The molecule has 8 aromatic carbocycles. The Hall–Kier alpha value is -7.89. The molecule has 0 atom stereocenters. The molecule has 3 heterocycles. The zero-order valence-electron chi connectivity index (χ0n) is 66.7. The van der Waals surface area contributed by atoms with Crippen molar-refractivity contribution in [3.8, 4) is 50.7 Å². The quantitative estimate of drug-likeness (QED) is 0.152. The molecule has 0 amide bonds. The summed E-state index contributed by atoms with van der Waals surface area (Å²) in [6.07, 6.45) is 5.48. The Labute approximate surface area is 542 Å². The van der Waals surface area contributed by atoms with Gasteiger partial charge in [-0.2, -0.15) is 0 Å². The molecular formula is C83H92N4O. The molecule has 13 rings (SSSR count). The van der Waals surface area contributed by atoms with E-state index in [-0.39, 0.29) is 91.2 Å². The Morgan fingerprint density at radius 1 is 0.489 bits per heavy atom. The fourth-order valence-corrected chi connectivity index (χ4v) is 14.3. The van der Waals surface area contributed by atoms with E-state index >= 15 is 0 Å². The number of rotatable bonds is 8. The zero-order chi connectivity index (χ0) is 72.7. The van der Waals surface area contributed by atoms with Crippen molar-refractivity contribution < 1.29 is 21.2 Å². The maximum Gasteiger partial charge on any atom is 0.137 e. The SMILES string of the molecule is [2H]c1c([2H])c([2H])c(-c2cccc(-c3cc(C(C)(C)C)cc(C(C)(C)C)c3)c2N2CN(c3cc(Oc4ccc5c6c([2H])c([2H])c([2H])c([2H])c6n(-c6cc(C([2H])([2H])[2H])c(-c7c8c(cc9c7C(C)(C)CCC9(C)C)C(C)(C)CCC8(C)C)cn6)c5c4)cc(C(C)(C)C)c3)c3ccccc32)c([2H])c1[2H]. The van der Waals surface area contributed by atoms with Crippen LogP contribution < -0.4 is 14.5 Å². The molecule has 88 heavy (non-hydrogen) atoms. The molecule has 0 unspecified atom stereocenters. The second kappa shape index (κ2) is 20.6. The molecule has 5 heteroatoms. The molecular weight excluding hydrogens is 1070 g/mol. The van der Waals surface area contributed by atoms with Crippen molar-refractivity contribution in [2.45, 2.75) is 188 Å². The molecule has 0 bridgehead atoms. The summed E-state index contributed by atoms with van der Waals surface area (Å²) in [6.45, 7) is 35.5. The van der Waals surface area contributed by atoms with Crippen LogP contribution in [0.15, 0.2) is 170 Å². The van der Waals surface area contributed by atoms with Crippen molar-refractivity contribution in [2.24, 2.45) is 0 Å². The van der Waals surface area contributed by atoms with E-state index in [9.17, 15) is 9.60 Å². The highest BCUT2D eigenvalue weighted by Gasteiger charge is 2.47. The van der Waals surface area contributed by atoms with Crippen molar-refractivity contribution >= 4 is 44.6 Å². The van der Waals surface area contributed by atoms with E-state index in [1.54, 1.807) is 35.0 Å². The number of hydrogen-bond donors (Lipinski definition) is 0. The van der Waals surface area contributed by atoms with Crippen LogP contribution in [0, 0.1) is 6.85 Å². The first kappa shape index (κ1) is 46.3. The second-order valence-electron chi connectivity index (χ2n) is 31.0. The lowest BCUT2D eigenvalue weighted by atomic mass is 9.55. The first-order valence-corrected chi connectivity index (χ1v) is 31.5. The summed E-state index contributed by atoms with van der Waals surface area (Å²) >= 11 is 0. The number of nitrogens with zero attached hydrogens (tertiary/aromatic N) is 4. The van der Waals surface area contributed by atoms with Gasteiger partial charge in [-0.15, -0.1) is 0 Å². The molecule has 1 aliphatic heterocycles. The van der Waals surface area contributed by atoms with E-state index < -0.39 is 42.5 Å². The number of aromatic nitrogens is 2. The Balaban J connectivity index is 0.991. The largest absolute Gasteiger partial charge is 0.457 e. The average molecular weight is 1170 g/mol. The van der Waals surface area contributed by atoms with Crippen LogP contribution in [0.4, 0.5) is 22.7 Å². The van der Waals surface area contributed by atoms with Crippen LogP contribution in [0.2, 0.25) is 0 Å². The Bertz CT molecular complexity index is 4970. The van der Waals surface area contributed by atoms with Crippen LogP contribution >= 0.6 is 0 Å². The first-order valence-electron chi connectivity index (χ1n) is 37.5. The maximum atomic E-state index is 9.60. The fourth-order valence-electron chi connectivity index (χ4n) is 14.3. The van der Waals surface area contributed by atoms with E-state index in [2.05, 4.69) is 176 Å². The van der Waals surface area contributed by atoms with Crippen molar-refractivity contribution in [3.05, 3.63) is 214 Å². The minimum atomic E-state index is -2.66. The zero-order valence-corrected chi connectivity index (χ0v) is 54.7. The summed E-state index contributed by atoms with van der Waals surface area (Å²) in [5, 5.41) is 0.755. The number of fused-ring (bicyclic) bond motifs is 6. The van der Waals surface area contributed by atoms with Crippen LogP contribution in [-0.2, 0) is 37.9 Å². The highest BCUT2D eigenvalue weighted by atomic mass is 16.5. The van der Waals surface area contributed by atoms with Gasteiger partial charge >= 0.3 is 0 Å². The fraction of sp³-hybridized carbons (Fsp3) is 0.361. The number of para-hydroxylation sites is 4. The van der Waals surface area contributed by atoms with Gasteiger partial charge in [-0.3, -0.25) is 4.57 Å². The molecule has 2 aromatic heterocycles.